The van der Waals surface area contributed by atoms with E-state index >= 15 is 0 Å². The van der Waals surface area contributed by atoms with Crippen molar-refractivity contribution in [1.82, 2.24) is 10.2 Å². The first kappa shape index (κ1) is 16.0. The molecule has 2 amide bonds. The number of carbonyl (C=O) groups excluding carboxylic acids is 1. The van der Waals surface area contributed by atoms with E-state index in [1.165, 1.54) is 5.56 Å². The number of hydrogen-bond acceptors (Lipinski definition) is 4. The first-order valence-electron chi connectivity index (χ1n) is 7.77. The van der Waals surface area contributed by atoms with Gasteiger partial charge in [0.1, 0.15) is 0 Å². The molecule has 1 atom stereocenters. The van der Waals surface area contributed by atoms with Gasteiger partial charge < -0.3 is 15.4 Å². The molecule has 1 saturated heterocycles. The van der Waals surface area contributed by atoms with E-state index in [0.29, 0.717) is 6.54 Å². The van der Waals surface area contributed by atoms with E-state index in [1.54, 1.807) is 11.3 Å². The fourth-order valence-corrected chi connectivity index (χ4v) is 3.40. The van der Waals surface area contributed by atoms with E-state index in [4.69, 9.17) is 4.74 Å². The highest BCUT2D eigenvalue weighted by atomic mass is 32.1. The van der Waals surface area contributed by atoms with Crippen LogP contribution >= 0.6 is 11.3 Å². The molecule has 1 aliphatic rings. The van der Waals surface area contributed by atoms with Crippen LogP contribution in [0.15, 0.2) is 47.2 Å². The molecule has 5 nitrogen and oxygen atoms in total. The Morgan fingerprint density at radius 1 is 1.22 bits per heavy atom. The molecule has 1 aromatic heterocycles. The number of thiophene rings is 1. The zero-order valence-corrected chi connectivity index (χ0v) is 13.7. The molecule has 1 aromatic carbocycles. The standard InChI is InChI=1S/C17H21N3O2S/c21-17(19-15-4-2-1-3-5-15)18-12-16(14-6-11-23-13-14)20-7-9-22-10-8-20/h1-6,11,13,16H,7-10,12H2,(H2,18,19,21). The van der Waals surface area contributed by atoms with Crippen LogP contribution in [-0.4, -0.2) is 43.8 Å². The lowest BCUT2D eigenvalue weighted by molar-refractivity contribution is 0.0168. The Balaban J connectivity index is 1.59. The number of anilines is 1. The summed E-state index contributed by atoms with van der Waals surface area (Å²) >= 11 is 1.68. The molecular weight excluding hydrogens is 310 g/mol. The number of hydrogen-bond donors (Lipinski definition) is 2. The number of benzene rings is 1. The zero-order chi connectivity index (χ0) is 15.9. The predicted octanol–water partition coefficient (Wildman–Crippen LogP) is 2.94. The van der Waals surface area contributed by atoms with Crippen LogP contribution in [-0.2, 0) is 4.74 Å². The van der Waals surface area contributed by atoms with Gasteiger partial charge in [0.15, 0.2) is 0 Å². The van der Waals surface area contributed by atoms with Gasteiger partial charge in [-0.25, -0.2) is 4.79 Å². The number of amides is 2. The number of carbonyl (C=O) groups is 1. The molecule has 122 valence electrons. The molecule has 1 fully saturated rings. The Bertz CT molecular complexity index is 598. The van der Waals surface area contributed by atoms with Gasteiger partial charge in [0.05, 0.1) is 19.3 Å². The Morgan fingerprint density at radius 2 is 2.00 bits per heavy atom. The minimum atomic E-state index is -0.176. The summed E-state index contributed by atoms with van der Waals surface area (Å²) in [5, 5.41) is 10.1. The lowest BCUT2D eigenvalue weighted by Gasteiger charge is -2.34. The summed E-state index contributed by atoms with van der Waals surface area (Å²) in [7, 11) is 0. The largest absolute Gasteiger partial charge is 0.379 e. The number of para-hydroxylation sites is 1. The van der Waals surface area contributed by atoms with E-state index in [9.17, 15) is 4.79 Å². The van der Waals surface area contributed by atoms with Crippen LogP contribution in [0.5, 0.6) is 0 Å². The van der Waals surface area contributed by atoms with Crippen molar-refractivity contribution in [2.75, 3.05) is 38.2 Å². The molecule has 0 bridgehead atoms. The van der Waals surface area contributed by atoms with E-state index in [2.05, 4.69) is 32.4 Å². The third kappa shape index (κ3) is 4.54. The van der Waals surface area contributed by atoms with Gasteiger partial charge in [-0.2, -0.15) is 11.3 Å². The fourth-order valence-electron chi connectivity index (χ4n) is 2.70. The maximum Gasteiger partial charge on any atom is 0.319 e. The van der Waals surface area contributed by atoms with E-state index in [0.717, 1.165) is 32.0 Å². The van der Waals surface area contributed by atoms with Crippen molar-refractivity contribution in [2.45, 2.75) is 6.04 Å². The Kier molecular flexibility index (Phi) is 5.63. The molecule has 0 saturated carbocycles. The molecule has 2 heterocycles. The molecule has 0 radical (unpaired) electrons. The minimum absolute atomic E-state index is 0.176. The molecule has 2 aromatic rings. The van der Waals surface area contributed by atoms with Crippen molar-refractivity contribution in [3.63, 3.8) is 0 Å². The van der Waals surface area contributed by atoms with Crippen LogP contribution < -0.4 is 10.6 Å². The van der Waals surface area contributed by atoms with Gasteiger partial charge in [-0.1, -0.05) is 18.2 Å². The van der Waals surface area contributed by atoms with E-state index < -0.39 is 0 Å². The number of morpholine rings is 1. The maximum absolute atomic E-state index is 12.1. The Morgan fingerprint density at radius 3 is 2.70 bits per heavy atom. The van der Waals surface area contributed by atoms with Crippen molar-refractivity contribution in [3.05, 3.63) is 52.7 Å². The molecular formula is C17H21N3O2S. The molecule has 6 heteroatoms. The smallest absolute Gasteiger partial charge is 0.319 e. The van der Waals surface area contributed by atoms with Crippen LogP contribution in [0.1, 0.15) is 11.6 Å². The fraction of sp³-hybridized carbons (Fsp3) is 0.353. The Hall–Kier alpha value is -1.89. The van der Waals surface area contributed by atoms with Gasteiger partial charge in [-0.3, -0.25) is 4.90 Å². The first-order valence-corrected chi connectivity index (χ1v) is 8.71. The van der Waals surface area contributed by atoms with Crippen LogP contribution in [0, 0.1) is 0 Å². The van der Waals surface area contributed by atoms with E-state index in [1.807, 2.05) is 30.3 Å². The molecule has 0 spiro atoms. The van der Waals surface area contributed by atoms with Crippen molar-refractivity contribution < 1.29 is 9.53 Å². The number of rotatable bonds is 5. The molecule has 3 rings (SSSR count). The van der Waals surface area contributed by atoms with Crippen molar-refractivity contribution in [1.29, 1.82) is 0 Å². The van der Waals surface area contributed by atoms with Crippen LogP contribution in [0.3, 0.4) is 0 Å². The SMILES string of the molecule is O=C(NCC(c1ccsc1)N1CCOCC1)Nc1ccccc1. The number of nitrogens with zero attached hydrogens (tertiary/aromatic N) is 1. The van der Waals surface area contributed by atoms with Gasteiger partial charge in [-0.15, -0.1) is 0 Å². The van der Waals surface area contributed by atoms with Crippen molar-refractivity contribution in [3.8, 4) is 0 Å². The highest BCUT2D eigenvalue weighted by Gasteiger charge is 2.23. The van der Waals surface area contributed by atoms with Crippen LogP contribution in [0.25, 0.3) is 0 Å². The van der Waals surface area contributed by atoms with Gasteiger partial charge in [0, 0.05) is 25.3 Å². The predicted molar refractivity (Wildman–Crippen MR) is 92.9 cm³/mol. The highest BCUT2D eigenvalue weighted by molar-refractivity contribution is 7.07. The lowest BCUT2D eigenvalue weighted by Crippen LogP contribution is -2.44. The second kappa shape index (κ2) is 8.10. The third-order valence-corrected chi connectivity index (χ3v) is 4.60. The normalized spacial score (nSPS) is 16.7. The monoisotopic (exact) mass is 331 g/mol. The first-order chi connectivity index (χ1) is 11.3. The van der Waals surface area contributed by atoms with Crippen molar-refractivity contribution in [2.24, 2.45) is 0 Å². The third-order valence-electron chi connectivity index (χ3n) is 3.90. The summed E-state index contributed by atoms with van der Waals surface area (Å²) in [6.45, 7) is 3.86. The quantitative estimate of drug-likeness (QED) is 0.886. The van der Waals surface area contributed by atoms with E-state index in [-0.39, 0.29) is 12.1 Å². The summed E-state index contributed by atoms with van der Waals surface area (Å²) in [5.41, 5.74) is 2.04. The van der Waals surface area contributed by atoms with Gasteiger partial charge >= 0.3 is 6.03 Å². The van der Waals surface area contributed by atoms with Crippen molar-refractivity contribution >= 4 is 23.1 Å². The molecule has 2 N–H and O–H groups in total. The summed E-state index contributed by atoms with van der Waals surface area (Å²) in [4.78, 5) is 14.5. The summed E-state index contributed by atoms with van der Waals surface area (Å²) in [6.07, 6.45) is 0. The topological polar surface area (TPSA) is 53.6 Å². The summed E-state index contributed by atoms with van der Waals surface area (Å²) < 4.78 is 5.43. The lowest BCUT2D eigenvalue weighted by atomic mass is 10.1. The number of ether oxygens (including phenoxy) is 1. The average Bonchev–Trinajstić information content (AvgIpc) is 3.11. The van der Waals surface area contributed by atoms with Gasteiger partial charge in [0.2, 0.25) is 0 Å². The molecule has 0 aliphatic carbocycles. The molecule has 23 heavy (non-hydrogen) atoms. The zero-order valence-electron chi connectivity index (χ0n) is 12.9. The minimum Gasteiger partial charge on any atom is -0.379 e. The second-order valence-corrected chi connectivity index (χ2v) is 6.20. The Labute approximate surface area is 140 Å². The highest BCUT2D eigenvalue weighted by Crippen LogP contribution is 2.23. The molecule has 1 aliphatic heterocycles. The summed E-state index contributed by atoms with van der Waals surface area (Å²) in [6, 6.07) is 11.6. The average molecular weight is 331 g/mol. The van der Waals surface area contributed by atoms with Gasteiger partial charge in [-0.05, 0) is 34.5 Å². The summed E-state index contributed by atoms with van der Waals surface area (Å²) in [5.74, 6) is 0. The van der Waals surface area contributed by atoms with Gasteiger partial charge in [0.25, 0.3) is 0 Å². The maximum atomic E-state index is 12.1. The van der Waals surface area contributed by atoms with Crippen LogP contribution in [0.4, 0.5) is 10.5 Å². The molecule has 1 unspecified atom stereocenters. The second-order valence-electron chi connectivity index (χ2n) is 5.42. The number of nitrogens with one attached hydrogen (secondary N) is 2. The van der Waals surface area contributed by atoms with Crippen LogP contribution in [0.2, 0.25) is 0 Å². The number of urea groups is 1.